The van der Waals surface area contributed by atoms with Gasteiger partial charge in [0.2, 0.25) is 0 Å². The zero-order chi connectivity index (χ0) is 20.1. The molecule has 28 heavy (non-hydrogen) atoms. The lowest BCUT2D eigenvalue weighted by molar-refractivity contribution is -0.122. The standard InChI is InChI=1S/C19H15ClF2N2O3S/c1-11(26-16-9-5-3-7-13(16)20)17(25)24-19-23-14(10-28-19)12-6-2-4-8-15(12)27-18(21)22/h2-11,18H,1H3,(H,23,24,25). The van der Waals surface area contributed by atoms with E-state index in [1.165, 1.54) is 6.07 Å². The van der Waals surface area contributed by atoms with Crippen molar-refractivity contribution in [2.45, 2.75) is 19.6 Å². The van der Waals surface area contributed by atoms with Crippen molar-refractivity contribution in [3.8, 4) is 22.8 Å². The molecule has 0 aliphatic rings. The fourth-order valence-corrected chi connectivity index (χ4v) is 3.22. The van der Waals surface area contributed by atoms with Crippen LogP contribution in [-0.2, 0) is 4.79 Å². The Kier molecular flexibility index (Phi) is 6.43. The van der Waals surface area contributed by atoms with E-state index in [1.54, 1.807) is 54.8 Å². The van der Waals surface area contributed by atoms with E-state index in [0.717, 1.165) is 11.3 Å². The lowest BCUT2D eigenvalue weighted by Crippen LogP contribution is -2.30. The van der Waals surface area contributed by atoms with E-state index in [0.29, 0.717) is 27.2 Å². The first-order valence-electron chi connectivity index (χ1n) is 8.16. The van der Waals surface area contributed by atoms with Crippen LogP contribution in [-0.4, -0.2) is 23.6 Å². The summed E-state index contributed by atoms with van der Waals surface area (Å²) in [6.45, 7) is -1.36. The second-order valence-corrected chi connectivity index (χ2v) is 6.86. The molecule has 0 spiro atoms. The molecule has 0 bridgehead atoms. The van der Waals surface area contributed by atoms with Crippen molar-refractivity contribution >= 4 is 34.0 Å². The van der Waals surface area contributed by atoms with Gasteiger partial charge < -0.3 is 9.47 Å². The maximum Gasteiger partial charge on any atom is 0.387 e. The average Bonchev–Trinajstić information content (AvgIpc) is 3.11. The van der Waals surface area contributed by atoms with E-state index < -0.39 is 18.6 Å². The molecule has 1 aromatic heterocycles. The smallest absolute Gasteiger partial charge is 0.387 e. The fraction of sp³-hybridized carbons (Fsp3) is 0.158. The zero-order valence-corrected chi connectivity index (χ0v) is 16.1. The number of ether oxygens (including phenoxy) is 2. The summed E-state index contributed by atoms with van der Waals surface area (Å²) in [4.78, 5) is 16.6. The number of carbonyl (C=O) groups is 1. The van der Waals surface area contributed by atoms with Crippen LogP contribution in [0.2, 0.25) is 5.02 Å². The molecule has 0 aliphatic carbocycles. The maximum absolute atomic E-state index is 12.6. The van der Waals surface area contributed by atoms with Gasteiger partial charge in [0.25, 0.3) is 5.91 Å². The number of anilines is 1. The van der Waals surface area contributed by atoms with Gasteiger partial charge in [-0.15, -0.1) is 11.3 Å². The quantitative estimate of drug-likeness (QED) is 0.546. The molecule has 1 atom stereocenters. The number of rotatable bonds is 7. The molecule has 3 aromatic rings. The van der Waals surface area contributed by atoms with Crippen molar-refractivity contribution in [1.29, 1.82) is 0 Å². The van der Waals surface area contributed by atoms with Crippen LogP contribution >= 0.6 is 22.9 Å². The van der Waals surface area contributed by atoms with Crippen LogP contribution in [0.25, 0.3) is 11.3 Å². The van der Waals surface area contributed by atoms with Crippen LogP contribution < -0.4 is 14.8 Å². The van der Waals surface area contributed by atoms with Crippen molar-refractivity contribution in [2.75, 3.05) is 5.32 Å². The molecule has 5 nitrogen and oxygen atoms in total. The number of carbonyl (C=O) groups excluding carboxylic acids is 1. The van der Waals surface area contributed by atoms with Crippen molar-refractivity contribution in [2.24, 2.45) is 0 Å². The average molecular weight is 425 g/mol. The van der Waals surface area contributed by atoms with E-state index in [2.05, 4.69) is 15.0 Å². The molecule has 0 saturated heterocycles. The minimum atomic E-state index is -2.94. The van der Waals surface area contributed by atoms with E-state index in [1.807, 2.05) is 0 Å². The molecule has 0 aliphatic heterocycles. The largest absolute Gasteiger partial charge is 0.479 e. The monoisotopic (exact) mass is 424 g/mol. The SMILES string of the molecule is CC(Oc1ccccc1Cl)C(=O)Nc1nc(-c2ccccc2OC(F)F)cs1. The summed E-state index contributed by atoms with van der Waals surface area (Å²) in [6, 6.07) is 13.1. The number of nitrogens with one attached hydrogen (secondary N) is 1. The van der Waals surface area contributed by atoms with Gasteiger partial charge in [0.15, 0.2) is 11.2 Å². The van der Waals surface area contributed by atoms with Gasteiger partial charge in [-0.05, 0) is 31.2 Å². The Labute approximate surface area is 168 Å². The summed E-state index contributed by atoms with van der Waals surface area (Å²) in [5.41, 5.74) is 0.816. The number of thiazole rings is 1. The molecule has 1 unspecified atom stereocenters. The predicted octanol–water partition coefficient (Wildman–Crippen LogP) is 5.47. The first kappa shape index (κ1) is 20.0. The Balaban J connectivity index is 1.69. The molecular weight excluding hydrogens is 410 g/mol. The number of nitrogens with zero attached hydrogens (tertiary/aromatic N) is 1. The molecule has 0 saturated carbocycles. The van der Waals surface area contributed by atoms with Gasteiger partial charge in [0, 0.05) is 10.9 Å². The second-order valence-electron chi connectivity index (χ2n) is 5.59. The molecular formula is C19H15ClF2N2O3S. The van der Waals surface area contributed by atoms with Gasteiger partial charge in [0.05, 0.1) is 10.7 Å². The Morgan fingerprint density at radius 2 is 1.79 bits per heavy atom. The highest BCUT2D eigenvalue weighted by atomic mass is 35.5. The third-order valence-electron chi connectivity index (χ3n) is 3.62. The van der Waals surface area contributed by atoms with Crippen LogP contribution in [0.5, 0.6) is 11.5 Å². The van der Waals surface area contributed by atoms with E-state index in [-0.39, 0.29) is 5.75 Å². The van der Waals surface area contributed by atoms with Crippen LogP contribution in [0.3, 0.4) is 0 Å². The minimum Gasteiger partial charge on any atom is -0.479 e. The van der Waals surface area contributed by atoms with Gasteiger partial charge in [-0.1, -0.05) is 35.9 Å². The summed E-state index contributed by atoms with van der Waals surface area (Å²) >= 11 is 7.18. The lowest BCUT2D eigenvalue weighted by atomic mass is 10.1. The molecule has 1 N–H and O–H groups in total. The Morgan fingerprint density at radius 3 is 2.50 bits per heavy atom. The van der Waals surface area contributed by atoms with Crippen LogP contribution in [0.4, 0.5) is 13.9 Å². The lowest BCUT2D eigenvalue weighted by Gasteiger charge is -2.14. The normalized spacial score (nSPS) is 11.9. The Morgan fingerprint density at radius 1 is 1.11 bits per heavy atom. The van der Waals surface area contributed by atoms with Crippen molar-refractivity contribution in [3.63, 3.8) is 0 Å². The molecule has 3 rings (SSSR count). The summed E-state index contributed by atoms with van der Waals surface area (Å²) in [6.07, 6.45) is -0.818. The molecule has 146 valence electrons. The first-order valence-corrected chi connectivity index (χ1v) is 9.41. The fourth-order valence-electron chi connectivity index (χ4n) is 2.32. The molecule has 0 radical (unpaired) electrons. The Bertz CT molecular complexity index is 968. The highest BCUT2D eigenvalue weighted by molar-refractivity contribution is 7.14. The molecule has 9 heteroatoms. The number of aromatic nitrogens is 1. The number of amides is 1. The highest BCUT2D eigenvalue weighted by Gasteiger charge is 2.19. The zero-order valence-electron chi connectivity index (χ0n) is 14.6. The van der Waals surface area contributed by atoms with E-state index in [9.17, 15) is 13.6 Å². The summed E-state index contributed by atoms with van der Waals surface area (Å²) in [5.74, 6) is -0.0150. The second kappa shape index (κ2) is 8.99. The number of hydrogen-bond donors (Lipinski definition) is 1. The van der Waals surface area contributed by atoms with Gasteiger partial charge in [-0.25, -0.2) is 4.98 Å². The minimum absolute atomic E-state index is 0.0103. The maximum atomic E-state index is 12.6. The van der Waals surface area contributed by atoms with Gasteiger partial charge >= 0.3 is 6.61 Å². The summed E-state index contributed by atoms with van der Waals surface area (Å²) in [5, 5.41) is 4.99. The molecule has 0 fully saturated rings. The number of alkyl halides is 2. The van der Waals surface area contributed by atoms with Crippen molar-refractivity contribution in [3.05, 3.63) is 58.9 Å². The first-order chi connectivity index (χ1) is 13.4. The van der Waals surface area contributed by atoms with Crippen LogP contribution in [0.15, 0.2) is 53.9 Å². The molecule has 2 aromatic carbocycles. The molecule has 1 heterocycles. The van der Waals surface area contributed by atoms with Crippen molar-refractivity contribution < 1.29 is 23.0 Å². The van der Waals surface area contributed by atoms with Crippen molar-refractivity contribution in [1.82, 2.24) is 4.98 Å². The highest BCUT2D eigenvalue weighted by Crippen LogP contribution is 2.33. The van der Waals surface area contributed by atoms with Gasteiger partial charge in [-0.3, -0.25) is 10.1 Å². The number of benzene rings is 2. The number of para-hydroxylation sites is 2. The summed E-state index contributed by atoms with van der Waals surface area (Å²) < 4.78 is 35.2. The van der Waals surface area contributed by atoms with Gasteiger partial charge in [-0.2, -0.15) is 8.78 Å². The number of hydrogen-bond acceptors (Lipinski definition) is 5. The molecule has 1 amide bonds. The van der Waals surface area contributed by atoms with Gasteiger partial charge in [0.1, 0.15) is 11.5 Å². The summed E-state index contributed by atoms with van der Waals surface area (Å²) in [7, 11) is 0. The van der Waals surface area contributed by atoms with E-state index in [4.69, 9.17) is 16.3 Å². The number of halogens is 3. The van der Waals surface area contributed by atoms with Crippen LogP contribution in [0.1, 0.15) is 6.92 Å². The topological polar surface area (TPSA) is 60.5 Å². The Hall–Kier alpha value is -2.71. The van der Waals surface area contributed by atoms with Crippen LogP contribution in [0, 0.1) is 0 Å². The van der Waals surface area contributed by atoms with E-state index >= 15 is 0 Å². The predicted molar refractivity (Wildman–Crippen MR) is 104 cm³/mol. The third kappa shape index (κ3) is 4.96. The third-order valence-corrected chi connectivity index (χ3v) is 4.69.